The average Bonchev–Trinajstić information content (AvgIpc) is 2.59. The quantitative estimate of drug-likeness (QED) is 0.884. The van der Waals surface area contributed by atoms with E-state index in [1.54, 1.807) is 7.11 Å². The van der Waals surface area contributed by atoms with Gasteiger partial charge in [-0.05, 0) is 18.2 Å². The first-order valence-corrected chi connectivity index (χ1v) is 7.08. The molecule has 23 heavy (non-hydrogen) atoms. The van der Waals surface area contributed by atoms with Gasteiger partial charge in [-0.15, -0.1) is 0 Å². The van der Waals surface area contributed by atoms with Gasteiger partial charge in [-0.25, -0.2) is 9.78 Å². The summed E-state index contributed by atoms with van der Waals surface area (Å²) in [5, 5.41) is 11.7. The fourth-order valence-corrected chi connectivity index (χ4v) is 2.33. The number of aromatic carboxylic acids is 1. The summed E-state index contributed by atoms with van der Waals surface area (Å²) < 4.78 is 5.34. The molecule has 0 spiro atoms. The Hall–Kier alpha value is -2.89. The summed E-state index contributed by atoms with van der Waals surface area (Å²) in [6.07, 6.45) is 0. The summed E-state index contributed by atoms with van der Waals surface area (Å²) in [5.74, 6) is -1.08. The summed E-state index contributed by atoms with van der Waals surface area (Å²) in [6.45, 7) is 1.89. The highest BCUT2D eigenvalue weighted by Gasteiger charge is 2.19. The van der Waals surface area contributed by atoms with Crippen LogP contribution < -0.4 is 10.1 Å². The summed E-state index contributed by atoms with van der Waals surface area (Å²) in [5.41, 5.74) is 1.46. The zero-order valence-electron chi connectivity index (χ0n) is 13.2. The fraction of sp³-hybridized carbons (Fsp3) is 0.235. The van der Waals surface area contributed by atoms with Crippen LogP contribution in [0.5, 0.6) is 5.75 Å². The van der Waals surface area contributed by atoms with E-state index < -0.39 is 11.9 Å². The number of rotatable bonds is 5. The van der Waals surface area contributed by atoms with Crippen molar-refractivity contribution >= 4 is 11.9 Å². The van der Waals surface area contributed by atoms with Crippen LogP contribution in [0.2, 0.25) is 0 Å². The Morgan fingerprint density at radius 1 is 1.26 bits per heavy atom. The van der Waals surface area contributed by atoms with E-state index in [1.165, 1.54) is 19.2 Å². The molecule has 0 bridgehead atoms. The highest BCUT2D eigenvalue weighted by Crippen LogP contribution is 2.31. The number of methoxy groups -OCH3 is 1. The lowest BCUT2D eigenvalue weighted by atomic mass is 9.95. The number of nitrogens with zero attached hydrogens (tertiary/aromatic N) is 1. The lowest BCUT2D eigenvalue weighted by Gasteiger charge is -2.16. The molecular weight excluding hydrogens is 296 g/mol. The van der Waals surface area contributed by atoms with Crippen molar-refractivity contribution in [1.82, 2.24) is 10.3 Å². The molecule has 2 N–H and O–H groups in total. The van der Waals surface area contributed by atoms with E-state index in [0.717, 1.165) is 5.56 Å². The Balaban J connectivity index is 2.55. The second-order valence-electron chi connectivity index (χ2n) is 5.01. The van der Waals surface area contributed by atoms with Gasteiger partial charge in [0.2, 0.25) is 0 Å². The molecule has 0 aliphatic rings. The minimum atomic E-state index is -1.11. The number of carbonyl (C=O) groups excluding carboxylic acids is 1. The van der Waals surface area contributed by atoms with Gasteiger partial charge in [0.15, 0.2) is 0 Å². The third-order valence-corrected chi connectivity index (χ3v) is 3.60. The Bertz CT molecular complexity index is 743. The predicted octanol–water partition coefficient (Wildman–Crippen LogP) is 2.30. The molecule has 1 amide bonds. The number of ether oxygens (including phenoxy) is 1. The van der Waals surface area contributed by atoms with E-state index in [-0.39, 0.29) is 17.2 Å². The second-order valence-corrected chi connectivity index (χ2v) is 5.01. The van der Waals surface area contributed by atoms with Crippen molar-refractivity contribution in [3.05, 3.63) is 58.9 Å². The minimum absolute atomic E-state index is 0.0235. The third kappa shape index (κ3) is 3.48. The SMILES string of the molecule is CNC(=O)c1cc(C(=O)O)cc(C(C)c2ccccc2OC)n1. The maximum Gasteiger partial charge on any atom is 0.335 e. The molecule has 0 saturated heterocycles. The molecule has 1 atom stereocenters. The average molecular weight is 314 g/mol. The van der Waals surface area contributed by atoms with Crippen LogP contribution in [0.1, 0.15) is 44.9 Å². The standard InChI is InChI=1S/C17H18N2O4/c1-10(12-6-4-5-7-15(12)23-3)13-8-11(17(21)22)9-14(19-13)16(20)18-2/h4-10H,1-3H3,(H,18,20)(H,21,22). The number of carboxylic acids is 1. The number of benzene rings is 1. The van der Waals surface area contributed by atoms with Crippen molar-refractivity contribution in [2.75, 3.05) is 14.2 Å². The van der Waals surface area contributed by atoms with Crippen molar-refractivity contribution < 1.29 is 19.4 Å². The molecule has 2 rings (SSSR count). The summed E-state index contributed by atoms with van der Waals surface area (Å²) in [4.78, 5) is 27.5. The van der Waals surface area contributed by atoms with Gasteiger partial charge in [0.1, 0.15) is 11.4 Å². The zero-order chi connectivity index (χ0) is 17.0. The van der Waals surface area contributed by atoms with Crippen molar-refractivity contribution in [1.29, 1.82) is 0 Å². The Morgan fingerprint density at radius 3 is 2.57 bits per heavy atom. The number of aromatic nitrogens is 1. The third-order valence-electron chi connectivity index (χ3n) is 3.60. The molecule has 120 valence electrons. The van der Waals surface area contributed by atoms with Gasteiger partial charge in [-0.3, -0.25) is 4.79 Å². The van der Waals surface area contributed by atoms with Crippen LogP contribution >= 0.6 is 0 Å². The number of nitrogens with one attached hydrogen (secondary N) is 1. The first kappa shape index (κ1) is 16.5. The van der Waals surface area contributed by atoms with E-state index in [4.69, 9.17) is 4.74 Å². The van der Waals surface area contributed by atoms with Gasteiger partial charge < -0.3 is 15.2 Å². The molecule has 0 radical (unpaired) electrons. The molecule has 0 aliphatic carbocycles. The molecule has 2 aromatic rings. The summed E-state index contributed by atoms with van der Waals surface area (Å²) in [6, 6.07) is 10.2. The lowest BCUT2D eigenvalue weighted by Crippen LogP contribution is -2.21. The van der Waals surface area contributed by atoms with Crippen molar-refractivity contribution in [2.45, 2.75) is 12.8 Å². The number of pyridine rings is 1. The fourth-order valence-electron chi connectivity index (χ4n) is 2.33. The first-order valence-electron chi connectivity index (χ1n) is 7.08. The highest BCUT2D eigenvalue weighted by molar-refractivity contribution is 5.95. The van der Waals surface area contributed by atoms with Gasteiger partial charge in [0.05, 0.1) is 12.7 Å². The Labute approximate surface area is 134 Å². The summed E-state index contributed by atoms with van der Waals surface area (Å²) >= 11 is 0. The second kappa shape index (κ2) is 6.91. The molecule has 6 nitrogen and oxygen atoms in total. The number of amides is 1. The minimum Gasteiger partial charge on any atom is -0.496 e. The number of para-hydroxylation sites is 1. The van der Waals surface area contributed by atoms with E-state index >= 15 is 0 Å². The number of hydrogen-bond acceptors (Lipinski definition) is 4. The molecule has 0 fully saturated rings. The smallest absolute Gasteiger partial charge is 0.335 e. The van der Waals surface area contributed by atoms with Crippen LogP contribution in [0.4, 0.5) is 0 Å². The predicted molar refractivity (Wildman–Crippen MR) is 85.1 cm³/mol. The highest BCUT2D eigenvalue weighted by atomic mass is 16.5. The summed E-state index contributed by atoms with van der Waals surface area (Å²) in [7, 11) is 3.05. The Morgan fingerprint density at radius 2 is 1.96 bits per heavy atom. The van der Waals surface area contributed by atoms with E-state index in [2.05, 4.69) is 10.3 Å². The first-order chi connectivity index (χ1) is 11.0. The van der Waals surface area contributed by atoms with Gasteiger partial charge >= 0.3 is 5.97 Å². The molecule has 0 saturated carbocycles. The molecule has 1 aromatic carbocycles. The maximum absolute atomic E-state index is 11.8. The molecule has 1 aromatic heterocycles. The molecule has 0 aliphatic heterocycles. The van der Waals surface area contributed by atoms with Gasteiger partial charge in [-0.2, -0.15) is 0 Å². The molecular formula is C17H18N2O4. The van der Waals surface area contributed by atoms with Gasteiger partial charge in [0.25, 0.3) is 5.91 Å². The van der Waals surface area contributed by atoms with Crippen LogP contribution in [0.3, 0.4) is 0 Å². The van der Waals surface area contributed by atoms with Gasteiger partial charge in [-0.1, -0.05) is 25.1 Å². The van der Waals surface area contributed by atoms with E-state index in [1.807, 2.05) is 31.2 Å². The van der Waals surface area contributed by atoms with Crippen molar-refractivity contribution in [2.24, 2.45) is 0 Å². The van der Waals surface area contributed by atoms with E-state index in [0.29, 0.717) is 11.4 Å². The van der Waals surface area contributed by atoms with Crippen LogP contribution in [-0.4, -0.2) is 36.1 Å². The van der Waals surface area contributed by atoms with Crippen molar-refractivity contribution in [3.63, 3.8) is 0 Å². The molecule has 6 heteroatoms. The van der Waals surface area contributed by atoms with Crippen LogP contribution in [-0.2, 0) is 0 Å². The largest absolute Gasteiger partial charge is 0.496 e. The van der Waals surface area contributed by atoms with Crippen LogP contribution in [0.25, 0.3) is 0 Å². The topological polar surface area (TPSA) is 88.5 Å². The number of carbonyl (C=O) groups is 2. The maximum atomic E-state index is 11.8. The molecule has 1 unspecified atom stereocenters. The Kier molecular flexibility index (Phi) is 4.95. The molecule has 1 heterocycles. The zero-order valence-corrected chi connectivity index (χ0v) is 13.2. The number of hydrogen-bond donors (Lipinski definition) is 2. The number of carboxylic acid groups (broad SMARTS) is 1. The van der Waals surface area contributed by atoms with E-state index in [9.17, 15) is 14.7 Å². The van der Waals surface area contributed by atoms with Crippen molar-refractivity contribution in [3.8, 4) is 5.75 Å². The van der Waals surface area contributed by atoms with Crippen LogP contribution in [0.15, 0.2) is 36.4 Å². The van der Waals surface area contributed by atoms with Crippen LogP contribution in [0, 0.1) is 0 Å². The lowest BCUT2D eigenvalue weighted by molar-refractivity contribution is 0.0696. The normalized spacial score (nSPS) is 11.6. The monoisotopic (exact) mass is 314 g/mol. The van der Waals surface area contributed by atoms with Gasteiger partial charge in [0, 0.05) is 24.2 Å².